The molecular weight excluding hydrogens is 460 g/mol. The largest absolute Gasteiger partial charge is 0.481 e. The maximum Gasteiger partial charge on any atom is 0.306 e. The molecule has 4 nitrogen and oxygen atoms in total. The molecular formula is C33H48O4. The second-order valence-electron chi connectivity index (χ2n) is 14.2. The van der Waals surface area contributed by atoms with Crippen LogP contribution >= 0.6 is 0 Å². The Morgan fingerprint density at radius 3 is 2.46 bits per heavy atom. The number of carboxylic acid groups (broad SMARTS) is 1. The first-order valence-corrected chi connectivity index (χ1v) is 14.4. The fourth-order valence-electron chi connectivity index (χ4n) is 9.22. The highest BCUT2D eigenvalue weighted by Gasteiger charge is 2.66. The van der Waals surface area contributed by atoms with Crippen molar-refractivity contribution in [3.8, 4) is 0 Å². The molecule has 4 heteroatoms. The summed E-state index contributed by atoms with van der Waals surface area (Å²) in [7, 11) is 0. The van der Waals surface area contributed by atoms with E-state index in [9.17, 15) is 19.8 Å². The molecule has 0 spiro atoms. The van der Waals surface area contributed by atoms with Crippen LogP contribution in [-0.4, -0.2) is 28.2 Å². The molecule has 37 heavy (non-hydrogen) atoms. The zero-order chi connectivity index (χ0) is 27.6. The number of rotatable bonds is 7. The van der Waals surface area contributed by atoms with Gasteiger partial charge in [0.25, 0.3) is 0 Å². The monoisotopic (exact) mass is 508 g/mol. The highest BCUT2D eigenvalue weighted by Crippen LogP contribution is 2.73. The van der Waals surface area contributed by atoms with Gasteiger partial charge in [0, 0.05) is 11.5 Å². The molecule has 4 aliphatic rings. The third-order valence-corrected chi connectivity index (χ3v) is 12.1. The zero-order valence-electron chi connectivity index (χ0n) is 24.1. The van der Waals surface area contributed by atoms with Crippen molar-refractivity contribution >= 4 is 11.9 Å². The zero-order valence-corrected chi connectivity index (χ0v) is 24.1. The predicted molar refractivity (Wildman–Crippen MR) is 148 cm³/mol. The second kappa shape index (κ2) is 9.38. The van der Waals surface area contributed by atoms with Crippen LogP contribution in [0.15, 0.2) is 41.5 Å². The van der Waals surface area contributed by atoms with Crippen molar-refractivity contribution < 1.29 is 19.8 Å². The van der Waals surface area contributed by atoms with Gasteiger partial charge in [0.1, 0.15) is 5.94 Å². The third kappa shape index (κ3) is 3.97. The number of aliphatic hydroxyl groups excluding tert-OH is 1. The minimum absolute atomic E-state index is 0.0358. The minimum atomic E-state index is -0.733. The molecule has 0 aliphatic heterocycles. The van der Waals surface area contributed by atoms with Crippen LogP contribution in [0.2, 0.25) is 0 Å². The van der Waals surface area contributed by atoms with Crippen LogP contribution in [-0.2, 0) is 9.59 Å². The molecule has 8 atom stereocenters. The lowest BCUT2D eigenvalue weighted by molar-refractivity contribution is -0.146. The Labute approximate surface area is 224 Å². The van der Waals surface area contributed by atoms with Crippen molar-refractivity contribution in [2.75, 3.05) is 0 Å². The van der Waals surface area contributed by atoms with Crippen molar-refractivity contribution in [2.24, 2.45) is 51.2 Å². The lowest BCUT2D eigenvalue weighted by atomic mass is 9.43. The van der Waals surface area contributed by atoms with Crippen LogP contribution in [0.1, 0.15) is 93.4 Å². The van der Waals surface area contributed by atoms with Gasteiger partial charge in [0.2, 0.25) is 0 Å². The Kier molecular flexibility index (Phi) is 7.13. The van der Waals surface area contributed by atoms with Gasteiger partial charge in [-0.25, -0.2) is 4.79 Å². The molecule has 0 aromatic rings. The van der Waals surface area contributed by atoms with E-state index in [0.717, 1.165) is 31.3 Å². The molecule has 2 saturated carbocycles. The summed E-state index contributed by atoms with van der Waals surface area (Å²) in [6.45, 7) is 19.8. The molecule has 0 amide bonds. The van der Waals surface area contributed by atoms with E-state index in [2.05, 4.69) is 73.1 Å². The highest BCUT2D eigenvalue weighted by molar-refractivity contribution is 5.71. The first-order valence-electron chi connectivity index (χ1n) is 14.4. The summed E-state index contributed by atoms with van der Waals surface area (Å²) in [6, 6.07) is 0. The first-order chi connectivity index (χ1) is 17.2. The summed E-state index contributed by atoms with van der Waals surface area (Å²) in [6.07, 6.45) is 11.6. The Morgan fingerprint density at radius 1 is 1.19 bits per heavy atom. The lowest BCUT2D eigenvalue weighted by Gasteiger charge is -2.61. The van der Waals surface area contributed by atoms with Gasteiger partial charge in [0.05, 0.1) is 12.0 Å². The second-order valence-corrected chi connectivity index (χ2v) is 14.2. The SMILES string of the molecule is C=C(CC[C@@H](C(=O)O)[C@H]1CC(C=C=O)[C@@]2(C)C3=CC[C@H]4C(C)(C)[C@H](O)CC[C@]4(C)C3=CC[C@]12C)C(C)C. The summed E-state index contributed by atoms with van der Waals surface area (Å²) in [5.74, 6) is 1.48. The van der Waals surface area contributed by atoms with E-state index in [-0.39, 0.29) is 39.6 Å². The van der Waals surface area contributed by atoms with Gasteiger partial charge >= 0.3 is 5.97 Å². The standard InChI is InChI=1S/C33H48O4/c1-20(2)21(3)9-10-23(29(36)37)26-19-22(15-18-34)33(8)25-11-12-27-30(4,5)28(35)14-16-31(27,6)24(25)13-17-32(26,33)7/h11,13,15,20,22-23,26-28,35H,3,9-10,12,14,16-17,19H2,1-2,4-8H3,(H,36,37)/t22?,23-,26-,27+,28-,31-,32-,33+/m1/s1. The van der Waals surface area contributed by atoms with Crippen LogP contribution in [0.4, 0.5) is 0 Å². The lowest BCUT2D eigenvalue weighted by Crippen LogP contribution is -2.55. The average molecular weight is 509 g/mol. The number of allylic oxidation sites excluding steroid dienone is 6. The molecule has 1 unspecified atom stereocenters. The first kappa shape index (κ1) is 28.1. The van der Waals surface area contributed by atoms with E-state index in [1.54, 1.807) is 6.08 Å². The molecule has 4 aliphatic carbocycles. The molecule has 0 heterocycles. The van der Waals surface area contributed by atoms with Crippen LogP contribution in [0, 0.1) is 51.2 Å². The molecule has 0 saturated heterocycles. The van der Waals surface area contributed by atoms with Crippen LogP contribution in [0.5, 0.6) is 0 Å². The van der Waals surface area contributed by atoms with Gasteiger partial charge in [-0.1, -0.05) is 72.8 Å². The van der Waals surface area contributed by atoms with Crippen LogP contribution in [0.25, 0.3) is 0 Å². The van der Waals surface area contributed by atoms with Crippen molar-refractivity contribution in [3.63, 3.8) is 0 Å². The maximum absolute atomic E-state index is 12.7. The van der Waals surface area contributed by atoms with Gasteiger partial charge in [-0.2, -0.15) is 0 Å². The topological polar surface area (TPSA) is 74.6 Å². The van der Waals surface area contributed by atoms with Gasteiger partial charge in [-0.05, 0) is 96.0 Å². The average Bonchev–Trinajstić information content (AvgIpc) is 3.04. The Bertz CT molecular complexity index is 1070. The van der Waals surface area contributed by atoms with Crippen molar-refractivity contribution in [3.05, 3.63) is 41.5 Å². The third-order valence-electron chi connectivity index (χ3n) is 12.1. The molecule has 204 valence electrons. The maximum atomic E-state index is 12.7. The molecule has 2 N–H and O–H groups in total. The number of hydrogen-bond donors (Lipinski definition) is 2. The number of aliphatic hydroxyl groups is 1. The van der Waals surface area contributed by atoms with Crippen LogP contribution in [0.3, 0.4) is 0 Å². The van der Waals surface area contributed by atoms with Gasteiger partial charge in [0.15, 0.2) is 0 Å². The fourth-order valence-corrected chi connectivity index (χ4v) is 9.22. The summed E-state index contributed by atoms with van der Waals surface area (Å²) >= 11 is 0. The molecule has 0 aromatic heterocycles. The molecule has 0 aromatic carbocycles. The molecule has 0 radical (unpaired) electrons. The summed E-state index contributed by atoms with van der Waals surface area (Å²) in [4.78, 5) is 24.5. The number of carbonyl (C=O) groups excluding carboxylic acids is 1. The Balaban J connectivity index is 1.79. The summed E-state index contributed by atoms with van der Waals surface area (Å²) < 4.78 is 0. The normalized spacial score (nSPS) is 40.9. The van der Waals surface area contributed by atoms with E-state index >= 15 is 0 Å². The Hall–Kier alpha value is -1.90. The van der Waals surface area contributed by atoms with Gasteiger partial charge in [-0.15, -0.1) is 0 Å². The summed E-state index contributed by atoms with van der Waals surface area (Å²) in [5.41, 5.74) is 2.97. The molecule has 2 fully saturated rings. The van der Waals surface area contributed by atoms with Crippen molar-refractivity contribution in [1.82, 2.24) is 0 Å². The molecule has 4 rings (SSSR count). The number of carbonyl (C=O) groups is 1. The minimum Gasteiger partial charge on any atom is -0.481 e. The van der Waals surface area contributed by atoms with E-state index in [4.69, 9.17) is 0 Å². The van der Waals surface area contributed by atoms with Gasteiger partial charge < -0.3 is 10.2 Å². The Morgan fingerprint density at radius 2 is 1.86 bits per heavy atom. The van der Waals surface area contributed by atoms with E-state index in [1.165, 1.54) is 11.1 Å². The van der Waals surface area contributed by atoms with Gasteiger partial charge in [-0.3, -0.25) is 4.79 Å². The number of fused-ring (bicyclic) bond motifs is 5. The number of aliphatic carboxylic acids is 1. The number of carboxylic acids is 1. The van der Waals surface area contributed by atoms with E-state index in [0.29, 0.717) is 31.1 Å². The number of hydrogen-bond acceptors (Lipinski definition) is 3. The highest BCUT2D eigenvalue weighted by atomic mass is 16.4. The summed E-state index contributed by atoms with van der Waals surface area (Å²) in [5, 5.41) is 21.3. The van der Waals surface area contributed by atoms with E-state index in [1.807, 2.05) is 0 Å². The quantitative estimate of drug-likeness (QED) is 0.282. The fraction of sp³-hybridized carbons (Fsp3) is 0.727. The smallest absolute Gasteiger partial charge is 0.306 e. The molecule has 0 bridgehead atoms. The van der Waals surface area contributed by atoms with E-state index < -0.39 is 11.9 Å². The van der Waals surface area contributed by atoms with Crippen molar-refractivity contribution in [1.29, 1.82) is 0 Å². The predicted octanol–water partition coefficient (Wildman–Crippen LogP) is 7.18. The van der Waals surface area contributed by atoms with Crippen molar-refractivity contribution in [2.45, 2.75) is 99.5 Å². The van der Waals surface area contributed by atoms with Crippen LogP contribution < -0.4 is 0 Å².